The Kier molecular flexibility index (Phi) is 5.94. The Balaban J connectivity index is 1.59. The van der Waals surface area contributed by atoms with E-state index in [2.05, 4.69) is 23.0 Å². The molecule has 2 aromatic rings. The maximum absolute atomic E-state index is 12.8. The maximum Gasteiger partial charge on any atom is 0.344 e. The number of carbonyl (C=O) groups is 2. The minimum absolute atomic E-state index is 0.181. The van der Waals surface area contributed by atoms with Crippen molar-refractivity contribution in [3.63, 3.8) is 0 Å². The third-order valence-corrected chi connectivity index (χ3v) is 5.04. The fourth-order valence-corrected chi connectivity index (χ4v) is 3.29. The third kappa shape index (κ3) is 4.48. The second-order valence-electron chi connectivity index (χ2n) is 7.00. The van der Waals surface area contributed by atoms with E-state index in [0.29, 0.717) is 12.8 Å². The summed E-state index contributed by atoms with van der Waals surface area (Å²) in [6.07, 6.45) is 2.13. The van der Waals surface area contributed by atoms with Gasteiger partial charge >= 0.3 is 6.03 Å². The highest BCUT2D eigenvalue weighted by atomic mass is 32.1. The van der Waals surface area contributed by atoms with E-state index >= 15 is 0 Å². The highest BCUT2D eigenvalue weighted by Crippen LogP contribution is 2.22. The summed E-state index contributed by atoms with van der Waals surface area (Å²) in [6, 6.07) is 17.2. The second kappa shape index (κ2) is 8.39. The van der Waals surface area contributed by atoms with Gasteiger partial charge in [0, 0.05) is 5.69 Å². The predicted molar refractivity (Wildman–Crippen MR) is 114 cm³/mol. The highest BCUT2D eigenvalue weighted by Gasteiger charge is 2.48. The summed E-state index contributed by atoms with van der Waals surface area (Å²) in [4.78, 5) is 25.2. The molecule has 1 aliphatic rings. The van der Waals surface area contributed by atoms with Crippen LogP contribution in [0.1, 0.15) is 31.4 Å². The number of anilines is 1. The second-order valence-corrected chi connectivity index (χ2v) is 7.41. The number of hydrogen-bond acceptors (Lipinski definition) is 3. The van der Waals surface area contributed by atoms with Gasteiger partial charge in [0.25, 0.3) is 5.91 Å². The first-order valence-electron chi connectivity index (χ1n) is 9.28. The van der Waals surface area contributed by atoms with Crippen molar-refractivity contribution in [3.8, 4) is 0 Å². The molecule has 0 aliphatic carbocycles. The number of thiocarbonyl (C=S) groups is 1. The fourth-order valence-electron chi connectivity index (χ4n) is 3.08. The van der Waals surface area contributed by atoms with Crippen molar-refractivity contribution in [2.24, 2.45) is 0 Å². The molecule has 1 fully saturated rings. The molecule has 3 amide bonds. The molecule has 0 unspecified atom stereocenters. The molecule has 3 rings (SSSR count). The number of nitrogens with zero attached hydrogens (tertiary/aromatic N) is 1. The van der Waals surface area contributed by atoms with Gasteiger partial charge < -0.3 is 10.6 Å². The maximum atomic E-state index is 12.8. The number of amides is 3. The Hall–Kier alpha value is -2.93. The SMILES string of the molecule is CCc1ccc(NC(=S)NN2C(=O)N[C@@](C)(CCc3ccccc3)C2=O)cc1. The Labute approximate surface area is 170 Å². The monoisotopic (exact) mass is 396 g/mol. The number of hydrazine groups is 1. The average molecular weight is 397 g/mol. The quantitative estimate of drug-likeness (QED) is 0.516. The zero-order valence-electron chi connectivity index (χ0n) is 16.0. The standard InChI is InChI=1S/C21H24N4O2S/c1-3-15-9-11-17(12-10-15)22-19(28)24-25-18(26)21(2,23-20(25)27)14-13-16-7-5-4-6-8-16/h4-12H,3,13-14H2,1-2H3,(H,23,27)(H2,22,24,28)/t21-/m0/s1. The molecule has 1 heterocycles. The topological polar surface area (TPSA) is 73.5 Å². The van der Waals surface area contributed by atoms with Crippen molar-refractivity contribution >= 4 is 35.0 Å². The minimum Gasteiger partial charge on any atom is -0.331 e. The molecule has 0 spiro atoms. The Morgan fingerprint density at radius 1 is 1.07 bits per heavy atom. The van der Waals surface area contributed by atoms with Crippen molar-refractivity contribution < 1.29 is 9.59 Å². The Bertz CT molecular complexity index is 870. The minimum atomic E-state index is -0.974. The summed E-state index contributed by atoms with van der Waals surface area (Å²) in [5.41, 5.74) is 4.84. The van der Waals surface area contributed by atoms with E-state index in [1.54, 1.807) is 6.92 Å². The molecule has 28 heavy (non-hydrogen) atoms. The molecular weight excluding hydrogens is 372 g/mol. The highest BCUT2D eigenvalue weighted by molar-refractivity contribution is 7.80. The molecule has 2 aromatic carbocycles. The molecule has 0 aromatic heterocycles. The largest absolute Gasteiger partial charge is 0.344 e. The first-order valence-corrected chi connectivity index (χ1v) is 9.69. The Morgan fingerprint density at radius 2 is 1.75 bits per heavy atom. The van der Waals surface area contributed by atoms with Gasteiger partial charge in [0.15, 0.2) is 5.11 Å². The van der Waals surface area contributed by atoms with Crippen molar-refractivity contribution in [3.05, 3.63) is 65.7 Å². The van der Waals surface area contributed by atoms with E-state index in [-0.39, 0.29) is 11.0 Å². The lowest BCUT2D eigenvalue weighted by Gasteiger charge is -2.22. The number of aryl methyl sites for hydroxylation is 2. The molecule has 0 saturated carbocycles. The van der Waals surface area contributed by atoms with Gasteiger partial charge in [0.2, 0.25) is 0 Å². The number of urea groups is 1. The molecule has 0 radical (unpaired) electrons. The van der Waals surface area contributed by atoms with E-state index in [1.165, 1.54) is 5.56 Å². The smallest absolute Gasteiger partial charge is 0.331 e. The summed E-state index contributed by atoms with van der Waals surface area (Å²) < 4.78 is 0. The van der Waals surface area contributed by atoms with Crippen molar-refractivity contribution in [1.82, 2.24) is 15.8 Å². The number of imide groups is 1. The summed E-state index contributed by atoms with van der Waals surface area (Å²) in [5.74, 6) is -0.348. The van der Waals surface area contributed by atoms with E-state index < -0.39 is 11.6 Å². The molecule has 146 valence electrons. The molecule has 0 bridgehead atoms. The van der Waals surface area contributed by atoms with E-state index in [1.807, 2.05) is 54.6 Å². The van der Waals surface area contributed by atoms with Gasteiger partial charge in [-0.2, -0.15) is 5.01 Å². The number of carbonyl (C=O) groups excluding carboxylic acids is 2. The summed E-state index contributed by atoms with van der Waals surface area (Å²) in [7, 11) is 0. The van der Waals surface area contributed by atoms with E-state index in [9.17, 15) is 9.59 Å². The van der Waals surface area contributed by atoms with Gasteiger partial charge in [-0.1, -0.05) is 49.4 Å². The van der Waals surface area contributed by atoms with E-state index in [4.69, 9.17) is 12.2 Å². The van der Waals surface area contributed by atoms with Crippen LogP contribution in [0.2, 0.25) is 0 Å². The molecule has 1 aliphatic heterocycles. The van der Waals surface area contributed by atoms with Gasteiger partial charge in [-0.05, 0) is 61.7 Å². The van der Waals surface area contributed by atoms with E-state index in [0.717, 1.165) is 22.7 Å². The summed E-state index contributed by atoms with van der Waals surface area (Å²) >= 11 is 5.26. The molecule has 7 heteroatoms. The number of nitrogens with one attached hydrogen (secondary N) is 3. The molecular formula is C21H24N4O2S. The van der Waals surface area contributed by atoms with Crippen LogP contribution in [0.15, 0.2) is 54.6 Å². The average Bonchev–Trinajstić information content (AvgIpc) is 2.91. The van der Waals surface area contributed by atoms with Crippen molar-refractivity contribution in [2.45, 2.75) is 38.6 Å². The molecule has 6 nitrogen and oxygen atoms in total. The zero-order valence-corrected chi connectivity index (χ0v) is 16.8. The number of benzene rings is 2. The van der Waals surface area contributed by atoms with Gasteiger partial charge in [-0.3, -0.25) is 10.2 Å². The molecule has 3 N–H and O–H groups in total. The van der Waals surface area contributed by atoms with Gasteiger partial charge in [0.1, 0.15) is 5.54 Å². The molecule has 1 saturated heterocycles. The number of hydrogen-bond donors (Lipinski definition) is 3. The van der Waals surface area contributed by atoms with Crippen LogP contribution in [0.25, 0.3) is 0 Å². The van der Waals surface area contributed by atoms with Crippen molar-refractivity contribution in [1.29, 1.82) is 0 Å². The van der Waals surface area contributed by atoms with Crippen LogP contribution in [-0.2, 0) is 17.6 Å². The lowest BCUT2D eigenvalue weighted by molar-refractivity contribution is -0.132. The van der Waals surface area contributed by atoms with Crippen LogP contribution < -0.4 is 16.1 Å². The lowest BCUT2D eigenvalue weighted by atomic mass is 9.93. The van der Waals surface area contributed by atoms with Crippen molar-refractivity contribution in [2.75, 3.05) is 5.32 Å². The first kappa shape index (κ1) is 19.8. The predicted octanol–water partition coefficient (Wildman–Crippen LogP) is 3.39. The Morgan fingerprint density at radius 3 is 2.39 bits per heavy atom. The van der Waals surface area contributed by atoms with Gasteiger partial charge in [0.05, 0.1) is 0 Å². The normalized spacial score (nSPS) is 18.7. The molecule has 1 atom stereocenters. The fraction of sp³-hybridized carbons (Fsp3) is 0.286. The van der Waals surface area contributed by atoms with Crippen LogP contribution in [0.3, 0.4) is 0 Å². The zero-order chi connectivity index (χ0) is 20.1. The summed E-state index contributed by atoms with van der Waals surface area (Å²) in [5, 5.41) is 6.89. The first-order chi connectivity index (χ1) is 13.4. The number of rotatable bonds is 6. The van der Waals surface area contributed by atoms with Crippen LogP contribution in [0, 0.1) is 0 Å². The lowest BCUT2D eigenvalue weighted by Crippen LogP contribution is -2.50. The van der Waals surface area contributed by atoms with Gasteiger partial charge in [-0.15, -0.1) is 0 Å². The van der Waals surface area contributed by atoms with Crippen LogP contribution in [0.5, 0.6) is 0 Å². The third-order valence-electron chi connectivity index (χ3n) is 4.85. The van der Waals surface area contributed by atoms with Crippen LogP contribution in [-0.4, -0.2) is 27.6 Å². The van der Waals surface area contributed by atoms with Crippen LogP contribution >= 0.6 is 12.2 Å². The van der Waals surface area contributed by atoms with Crippen LogP contribution in [0.4, 0.5) is 10.5 Å². The summed E-state index contributed by atoms with van der Waals surface area (Å²) in [6.45, 7) is 3.82. The van der Waals surface area contributed by atoms with Gasteiger partial charge in [-0.25, -0.2) is 4.79 Å².